The van der Waals surface area contributed by atoms with Gasteiger partial charge in [0, 0.05) is 6.42 Å². The van der Waals surface area contributed by atoms with Crippen LogP contribution >= 0.6 is 0 Å². The lowest BCUT2D eigenvalue weighted by atomic mass is 10.0. The fourth-order valence-corrected chi connectivity index (χ4v) is 2.62. The van der Waals surface area contributed by atoms with Crippen molar-refractivity contribution in [3.05, 3.63) is 0 Å². The number of carbonyl (C=O) groups is 5. The Bertz CT molecular complexity index is 658. The zero-order valence-corrected chi connectivity index (χ0v) is 18.5. The molecular formula is C19H36N6O7. The molecule has 0 rings (SSSR count). The maximum Gasteiger partial charge on any atom is 0.328 e. The molecule has 0 fully saturated rings. The van der Waals surface area contributed by atoms with E-state index in [0.29, 0.717) is 19.4 Å². The molecule has 0 aliphatic rings. The molecule has 11 N–H and O–H groups in total. The van der Waals surface area contributed by atoms with E-state index in [9.17, 15) is 24.0 Å². The van der Waals surface area contributed by atoms with Crippen LogP contribution < -0.4 is 33.2 Å². The van der Waals surface area contributed by atoms with E-state index >= 15 is 0 Å². The third-order valence-corrected chi connectivity index (χ3v) is 4.71. The van der Waals surface area contributed by atoms with E-state index in [2.05, 4.69) is 16.0 Å². The smallest absolute Gasteiger partial charge is 0.328 e. The van der Waals surface area contributed by atoms with E-state index in [1.807, 2.05) is 0 Å². The SMILES string of the molecule is CC(C)C(N)C(=O)NC(CCCCN)C(=O)NC(CCC(N)=O)C(=O)NC(CO)C(=O)O. The van der Waals surface area contributed by atoms with Crippen LogP contribution in [0.2, 0.25) is 0 Å². The van der Waals surface area contributed by atoms with Crippen molar-refractivity contribution in [2.45, 2.75) is 70.1 Å². The molecule has 0 aliphatic heterocycles. The Labute approximate surface area is 186 Å². The quantitative estimate of drug-likeness (QED) is 0.109. The predicted molar refractivity (Wildman–Crippen MR) is 115 cm³/mol. The third-order valence-electron chi connectivity index (χ3n) is 4.71. The standard InChI is InChI=1S/C19H36N6O7/c1-10(2)15(22)18(30)24-11(5-3-4-8-20)16(28)23-12(6-7-14(21)27)17(29)25-13(9-26)19(31)32/h10-13,15,26H,3-9,20,22H2,1-2H3,(H2,21,27)(H,23,28)(H,24,30)(H,25,29)(H,31,32). The summed E-state index contributed by atoms with van der Waals surface area (Å²) in [4.78, 5) is 59.9. The maximum absolute atomic E-state index is 12.9. The number of aliphatic hydroxyl groups excluding tert-OH is 1. The van der Waals surface area contributed by atoms with Crippen LogP contribution in [0.1, 0.15) is 46.0 Å². The van der Waals surface area contributed by atoms with Gasteiger partial charge in [0.15, 0.2) is 0 Å². The largest absolute Gasteiger partial charge is 0.480 e. The second kappa shape index (κ2) is 15.1. The van der Waals surface area contributed by atoms with Crippen LogP contribution in [-0.4, -0.2) is 77.1 Å². The number of amides is 4. The van der Waals surface area contributed by atoms with Crippen molar-refractivity contribution in [3.8, 4) is 0 Å². The molecule has 13 heteroatoms. The number of nitrogens with two attached hydrogens (primary N) is 3. The van der Waals surface area contributed by atoms with Crippen LogP contribution in [0.5, 0.6) is 0 Å². The number of primary amides is 1. The summed E-state index contributed by atoms with van der Waals surface area (Å²) in [5.74, 6) is -4.57. The third kappa shape index (κ3) is 11.0. The summed E-state index contributed by atoms with van der Waals surface area (Å²) < 4.78 is 0. The van der Waals surface area contributed by atoms with Crippen molar-refractivity contribution in [2.24, 2.45) is 23.1 Å². The van der Waals surface area contributed by atoms with Crippen molar-refractivity contribution in [3.63, 3.8) is 0 Å². The van der Waals surface area contributed by atoms with E-state index in [0.717, 1.165) is 0 Å². The Balaban J connectivity index is 5.48. The Morgan fingerprint density at radius 3 is 1.78 bits per heavy atom. The highest BCUT2D eigenvalue weighted by atomic mass is 16.4. The number of rotatable bonds is 16. The van der Waals surface area contributed by atoms with Crippen LogP contribution in [0, 0.1) is 5.92 Å². The summed E-state index contributed by atoms with van der Waals surface area (Å²) in [5, 5.41) is 25.2. The summed E-state index contributed by atoms with van der Waals surface area (Å²) in [6.07, 6.45) is 0.850. The first-order valence-corrected chi connectivity index (χ1v) is 10.4. The molecule has 13 nitrogen and oxygen atoms in total. The second-order valence-corrected chi connectivity index (χ2v) is 7.76. The molecule has 0 heterocycles. The molecule has 0 saturated carbocycles. The molecule has 4 unspecified atom stereocenters. The summed E-state index contributed by atoms with van der Waals surface area (Å²) in [6, 6.07) is -4.80. The van der Waals surface area contributed by atoms with E-state index in [4.69, 9.17) is 27.4 Å². The molecule has 4 amide bonds. The van der Waals surface area contributed by atoms with Crippen LogP contribution in [0.3, 0.4) is 0 Å². The van der Waals surface area contributed by atoms with Crippen LogP contribution in [0.15, 0.2) is 0 Å². The minimum absolute atomic E-state index is 0.178. The number of hydrogen-bond donors (Lipinski definition) is 8. The number of carbonyl (C=O) groups excluding carboxylic acids is 4. The minimum atomic E-state index is -1.60. The first kappa shape index (κ1) is 29.2. The average molecular weight is 461 g/mol. The summed E-state index contributed by atoms with van der Waals surface area (Å²) >= 11 is 0. The lowest BCUT2D eigenvalue weighted by molar-refractivity contribution is -0.143. The number of unbranched alkanes of at least 4 members (excludes halogenated alkanes) is 1. The van der Waals surface area contributed by atoms with Gasteiger partial charge in [-0.25, -0.2) is 4.79 Å². The van der Waals surface area contributed by atoms with Gasteiger partial charge in [0.2, 0.25) is 23.6 Å². The lowest BCUT2D eigenvalue weighted by Crippen LogP contribution is -2.58. The molecule has 0 radical (unpaired) electrons. The molecule has 0 spiro atoms. The number of aliphatic carboxylic acids is 1. The Kier molecular flexibility index (Phi) is 13.8. The van der Waals surface area contributed by atoms with E-state index < -0.39 is 60.4 Å². The molecular weight excluding hydrogens is 424 g/mol. The van der Waals surface area contributed by atoms with Gasteiger partial charge in [-0.3, -0.25) is 19.2 Å². The normalized spacial score (nSPS) is 14.7. The maximum atomic E-state index is 12.9. The molecule has 0 aliphatic carbocycles. The van der Waals surface area contributed by atoms with Crippen LogP contribution in [-0.2, 0) is 24.0 Å². The van der Waals surface area contributed by atoms with E-state index in [1.165, 1.54) is 0 Å². The van der Waals surface area contributed by atoms with Crippen molar-refractivity contribution in [1.82, 2.24) is 16.0 Å². The highest BCUT2D eigenvalue weighted by Crippen LogP contribution is 2.06. The second-order valence-electron chi connectivity index (χ2n) is 7.76. The van der Waals surface area contributed by atoms with E-state index in [-0.39, 0.29) is 25.2 Å². The monoisotopic (exact) mass is 460 g/mol. The van der Waals surface area contributed by atoms with Gasteiger partial charge in [0.25, 0.3) is 0 Å². The minimum Gasteiger partial charge on any atom is -0.480 e. The van der Waals surface area contributed by atoms with Gasteiger partial charge in [0.05, 0.1) is 12.6 Å². The molecule has 0 aromatic heterocycles. The number of carboxylic acid groups (broad SMARTS) is 1. The van der Waals surface area contributed by atoms with E-state index in [1.54, 1.807) is 13.8 Å². The zero-order chi connectivity index (χ0) is 24.8. The number of hydrogen-bond acceptors (Lipinski definition) is 8. The molecule has 32 heavy (non-hydrogen) atoms. The van der Waals surface area contributed by atoms with Gasteiger partial charge in [-0.05, 0) is 38.1 Å². The topological polar surface area (TPSA) is 240 Å². The summed E-state index contributed by atoms with van der Waals surface area (Å²) in [6.45, 7) is 3.01. The Hall–Kier alpha value is -2.77. The highest BCUT2D eigenvalue weighted by Gasteiger charge is 2.30. The number of aliphatic hydroxyl groups is 1. The van der Waals surface area contributed by atoms with Crippen LogP contribution in [0.25, 0.3) is 0 Å². The molecule has 4 atom stereocenters. The van der Waals surface area contributed by atoms with Gasteiger partial charge >= 0.3 is 5.97 Å². The van der Waals surface area contributed by atoms with Gasteiger partial charge in [0.1, 0.15) is 18.1 Å². The number of nitrogens with one attached hydrogen (secondary N) is 3. The molecule has 0 bridgehead atoms. The predicted octanol–water partition coefficient (Wildman–Crippen LogP) is -3.10. The Morgan fingerprint density at radius 1 is 0.844 bits per heavy atom. The molecule has 184 valence electrons. The highest BCUT2D eigenvalue weighted by molar-refractivity contribution is 5.94. The van der Waals surface area contributed by atoms with Gasteiger partial charge in [-0.1, -0.05) is 13.8 Å². The fraction of sp³-hybridized carbons (Fsp3) is 0.737. The average Bonchev–Trinajstić information content (AvgIpc) is 2.72. The van der Waals surface area contributed by atoms with Gasteiger partial charge < -0.3 is 43.4 Å². The number of carboxylic acids is 1. The van der Waals surface area contributed by atoms with Crippen molar-refractivity contribution in [2.75, 3.05) is 13.2 Å². The molecule has 0 saturated heterocycles. The van der Waals surface area contributed by atoms with Gasteiger partial charge in [-0.2, -0.15) is 0 Å². The van der Waals surface area contributed by atoms with Crippen molar-refractivity contribution in [1.29, 1.82) is 0 Å². The lowest BCUT2D eigenvalue weighted by Gasteiger charge is -2.25. The zero-order valence-electron chi connectivity index (χ0n) is 18.5. The molecule has 0 aromatic rings. The molecule has 0 aromatic carbocycles. The van der Waals surface area contributed by atoms with Gasteiger partial charge in [-0.15, -0.1) is 0 Å². The van der Waals surface area contributed by atoms with Crippen LogP contribution in [0.4, 0.5) is 0 Å². The first-order valence-electron chi connectivity index (χ1n) is 10.4. The summed E-state index contributed by atoms with van der Waals surface area (Å²) in [7, 11) is 0. The van der Waals surface area contributed by atoms with Crippen molar-refractivity contribution < 1.29 is 34.2 Å². The van der Waals surface area contributed by atoms with Crippen molar-refractivity contribution >= 4 is 29.6 Å². The summed E-state index contributed by atoms with van der Waals surface area (Å²) in [5.41, 5.74) is 16.4. The Morgan fingerprint density at radius 2 is 1.34 bits per heavy atom. The fourth-order valence-electron chi connectivity index (χ4n) is 2.62. The first-order chi connectivity index (χ1) is 14.9.